The Balaban J connectivity index is 2.06. The number of nitrogens with zero attached hydrogens (tertiary/aromatic N) is 2. The van der Waals surface area contributed by atoms with Crippen LogP contribution in [0.4, 0.5) is 0 Å². The molecule has 0 aromatic heterocycles. The lowest BCUT2D eigenvalue weighted by atomic mass is 9.97. The SMILES string of the molecule is CCO/C(=N\C(=O)CCl)N1Cc2ccccc2-c2ccccc2C1. The minimum absolute atomic E-state index is 0.155. The van der Waals surface area contributed by atoms with Crippen LogP contribution >= 0.6 is 11.6 Å². The molecule has 2 aromatic carbocycles. The number of carbonyl (C=O) groups is 1. The van der Waals surface area contributed by atoms with E-state index in [1.165, 1.54) is 22.3 Å². The molecule has 0 saturated carbocycles. The third-order valence-electron chi connectivity index (χ3n) is 3.93. The number of rotatable bonds is 2. The summed E-state index contributed by atoms with van der Waals surface area (Å²) in [4.78, 5) is 17.7. The zero-order valence-electron chi connectivity index (χ0n) is 13.5. The summed E-state index contributed by atoms with van der Waals surface area (Å²) in [5.41, 5.74) is 4.76. The molecule has 3 rings (SSSR count). The first kappa shape index (κ1) is 16.5. The standard InChI is InChI=1S/C19H19ClN2O2/c1-2-24-19(21-18(23)11-20)22-12-14-7-3-5-9-16(14)17-10-6-4-8-15(17)13-22/h3-10H,2,11-13H2,1H3/b21-19-. The van der Waals surface area contributed by atoms with Gasteiger partial charge in [-0.1, -0.05) is 48.5 Å². The van der Waals surface area contributed by atoms with Crippen LogP contribution in [0.2, 0.25) is 0 Å². The normalized spacial score (nSPS) is 13.8. The van der Waals surface area contributed by atoms with Crippen LogP contribution in [0.1, 0.15) is 18.1 Å². The van der Waals surface area contributed by atoms with Crippen molar-refractivity contribution < 1.29 is 9.53 Å². The van der Waals surface area contributed by atoms with E-state index in [1.807, 2.05) is 36.1 Å². The quantitative estimate of drug-likeness (QED) is 0.473. The van der Waals surface area contributed by atoms with Crippen molar-refractivity contribution in [1.82, 2.24) is 4.90 Å². The molecular formula is C19H19ClN2O2. The first-order valence-electron chi connectivity index (χ1n) is 7.94. The molecule has 0 atom stereocenters. The number of hydrogen-bond donors (Lipinski definition) is 0. The van der Waals surface area contributed by atoms with Crippen LogP contribution in [0, 0.1) is 0 Å². The number of carbonyl (C=O) groups excluding carboxylic acids is 1. The van der Waals surface area contributed by atoms with Crippen molar-refractivity contribution in [2.75, 3.05) is 12.5 Å². The smallest absolute Gasteiger partial charge is 0.295 e. The number of hydrogen-bond acceptors (Lipinski definition) is 2. The van der Waals surface area contributed by atoms with E-state index in [2.05, 4.69) is 29.3 Å². The largest absolute Gasteiger partial charge is 0.465 e. The molecule has 1 heterocycles. The van der Waals surface area contributed by atoms with Gasteiger partial charge in [-0.05, 0) is 29.2 Å². The Morgan fingerprint density at radius 1 is 1.08 bits per heavy atom. The fourth-order valence-corrected chi connectivity index (χ4v) is 2.96. The van der Waals surface area contributed by atoms with E-state index in [1.54, 1.807) is 0 Å². The second-order valence-electron chi connectivity index (χ2n) is 5.53. The van der Waals surface area contributed by atoms with Crippen molar-refractivity contribution in [1.29, 1.82) is 0 Å². The Hall–Kier alpha value is -2.33. The van der Waals surface area contributed by atoms with E-state index in [9.17, 15) is 4.79 Å². The number of amides is 1. The molecule has 0 aliphatic carbocycles. The van der Waals surface area contributed by atoms with Gasteiger partial charge >= 0.3 is 0 Å². The zero-order chi connectivity index (χ0) is 16.9. The number of aliphatic imine (C=N–C) groups is 1. The molecule has 1 aliphatic rings. The lowest BCUT2D eigenvalue weighted by Crippen LogP contribution is -2.32. The summed E-state index contributed by atoms with van der Waals surface area (Å²) in [5.74, 6) is -0.552. The summed E-state index contributed by atoms with van der Waals surface area (Å²) < 4.78 is 5.64. The summed E-state index contributed by atoms with van der Waals surface area (Å²) in [6.07, 6.45) is 0. The van der Waals surface area contributed by atoms with Gasteiger partial charge in [0.2, 0.25) is 0 Å². The Kier molecular flexibility index (Phi) is 5.16. The van der Waals surface area contributed by atoms with Crippen LogP contribution in [0.15, 0.2) is 53.5 Å². The summed E-state index contributed by atoms with van der Waals surface area (Å²) in [5, 5.41) is 0. The van der Waals surface area contributed by atoms with E-state index in [0.717, 1.165) is 0 Å². The highest BCUT2D eigenvalue weighted by Gasteiger charge is 2.22. The maximum atomic E-state index is 11.7. The van der Waals surface area contributed by atoms with Crippen molar-refractivity contribution in [3.8, 4) is 11.1 Å². The van der Waals surface area contributed by atoms with Crippen molar-refractivity contribution in [3.63, 3.8) is 0 Å². The van der Waals surface area contributed by atoms with Gasteiger partial charge in [0.1, 0.15) is 5.88 Å². The Morgan fingerprint density at radius 3 is 2.12 bits per heavy atom. The molecule has 0 N–H and O–H groups in total. The molecule has 0 fully saturated rings. The minimum Gasteiger partial charge on any atom is -0.465 e. The average molecular weight is 343 g/mol. The third kappa shape index (κ3) is 3.44. The number of amidine groups is 1. The Labute approximate surface area is 146 Å². The second-order valence-corrected chi connectivity index (χ2v) is 5.79. The highest BCUT2D eigenvalue weighted by Crippen LogP contribution is 2.32. The van der Waals surface area contributed by atoms with Crippen LogP contribution in [0.3, 0.4) is 0 Å². The van der Waals surface area contributed by atoms with Gasteiger partial charge in [-0.25, -0.2) is 0 Å². The second kappa shape index (κ2) is 7.49. The predicted octanol–water partition coefficient (Wildman–Crippen LogP) is 3.83. The summed E-state index contributed by atoms with van der Waals surface area (Å²) in [6, 6.07) is 16.9. The molecule has 0 spiro atoms. The van der Waals surface area contributed by atoms with E-state index in [4.69, 9.17) is 16.3 Å². The van der Waals surface area contributed by atoms with Gasteiger partial charge in [-0.3, -0.25) is 4.79 Å². The van der Waals surface area contributed by atoms with E-state index in [0.29, 0.717) is 25.7 Å². The highest BCUT2D eigenvalue weighted by molar-refractivity contribution is 6.28. The molecule has 2 aromatic rings. The first-order valence-corrected chi connectivity index (χ1v) is 8.47. The number of halogens is 1. The topological polar surface area (TPSA) is 41.9 Å². The monoisotopic (exact) mass is 342 g/mol. The number of alkyl halides is 1. The van der Waals surface area contributed by atoms with Gasteiger partial charge in [-0.2, -0.15) is 4.99 Å². The molecule has 24 heavy (non-hydrogen) atoms. The zero-order valence-corrected chi connectivity index (χ0v) is 14.3. The molecular weight excluding hydrogens is 324 g/mol. The molecule has 1 aliphatic heterocycles. The van der Waals surface area contributed by atoms with Gasteiger partial charge < -0.3 is 9.64 Å². The van der Waals surface area contributed by atoms with Crippen LogP contribution in [0.25, 0.3) is 11.1 Å². The molecule has 0 unspecified atom stereocenters. The lowest BCUT2D eigenvalue weighted by molar-refractivity contribution is -0.115. The van der Waals surface area contributed by atoms with Crippen molar-refractivity contribution in [2.24, 2.45) is 4.99 Å². The fourth-order valence-electron chi connectivity index (χ4n) is 2.90. The predicted molar refractivity (Wildman–Crippen MR) is 95.9 cm³/mol. The lowest BCUT2D eigenvalue weighted by Gasteiger charge is -2.24. The minimum atomic E-state index is -0.397. The van der Waals surface area contributed by atoms with Gasteiger partial charge in [0.25, 0.3) is 11.9 Å². The summed E-state index contributed by atoms with van der Waals surface area (Å²) in [7, 11) is 0. The summed E-state index contributed by atoms with van der Waals surface area (Å²) in [6.45, 7) is 3.56. The van der Waals surface area contributed by atoms with Gasteiger partial charge in [-0.15, -0.1) is 11.6 Å². The van der Waals surface area contributed by atoms with Crippen LogP contribution in [-0.2, 0) is 22.6 Å². The van der Waals surface area contributed by atoms with Crippen LogP contribution in [-0.4, -0.2) is 29.3 Å². The van der Waals surface area contributed by atoms with Crippen LogP contribution in [0.5, 0.6) is 0 Å². The molecule has 0 bridgehead atoms. The maximum Gasteiger partial charge on any atom is 0.295 e. The number of fused-ring (bicyclic) bond motifs is 3. The van der Waals surface area contributed by atoms with Crippen molar-refractivity contribution in [2.45, 2.75) is 20.0 Å². The molecule has 1 amide bonds. The molecule has 0 saturated heterocycles. The molecule has 4 nitrogen and oxygen atoms in total. The Morgan fingerprint density at radius 2 is 1.62 bits per heavy atom. The third-order valence-corrected chi connectivity index (χ3v) is 4.15. The number of benzene rings is 2. The molecule has 5 heteroatoms. The average Bonchev–Trinajstić information content (AvgIpc) is 2.78. The van der Waals surface area contributed by atoms with E-state index in [-0.39, 0.29) is 5.88 Å². The van der Waals surface area contributed by atoms with Crippen molar-refractivity contribution >= 4 is 23.5 Å². The fraction of sp³-hybridized carbons (Fsp3) is 0.263. The first-order chi connectivity index (χ1) is 11.7. The van der Waals surface area contributed by atoms with Crippen molar-refractivity contribution in [3.05, 3.63) is 59.7 Å². The van der Waals surface area contributed by atoms with Crippen LogP contribution < -0.4 is 0 Å². The van der Waals surface area contributed by atoms with Gasteiger partial charge in [0.15, 0.2) is 0 Å². The number of ether oxygens (including phenoxy) is 1. The molecule has 0 radical (unpaired) electrons. The maximum absolute atomic E-state index is 11.7. The Bertz CT molecular complexity index is 726. The van der Waals surface area contributed by atoms with Gasteiger partial charge in [0, 0.05) is 13.1 Å². The highest BCUT2D eigenvalue weighted by atomic mass is 35.5. The van der Waals surface area contributed by atoms with E-state index < -0.39 is 5.91 Å². The van der Waals surface area contributed by atoms with Gasteiger partial charge in [0.05, 0.1) is 6.61 Å². The summed E-state index contributed by atoms with van der Waals surface area (Å²) >= 11 is 5.60. The van der Waals surface area contributed by atoms with E-state index >= 15 is 0 Å². The molecule has 124 valence electrons.